The van der Waals surface area contributed by atoms with E-state index in [0.717, 1.165) is 55.2 Å². The van der Waals surface area contributed by atoms with Crippen LogP contribution in [-0.4, -0.2) is 66.0 Å². The summed E-state index contributed by atoms with van der Waals surface area (Å²) in [6.07, 6.45) is 0. The summed E-state index contributed by atoms with van der Waals surface area (Å²) < 4.78 is 7.47. The molecular weight excluding hydrogens is 330 g/mol. The van der Waals surface area contributed by atoms with Gasteiger partial charge in [-0.25, -0.2) is 0 Å². The predicted octanol–water partition coefficient (Wildman–Crippen LogP) is 1.03. The van der Waals surface area contributed by atoms with Gasteiger partial charge >= 0.3 is 0 Å². The van der Waals surface area contributed by atoms with Crippen LogP contribution in [0.2, 0.25) is 0 Å². The van der Waals surface area contributed by atoms with E-state index in [-0.39, 0.29) is 0 Å². The van der Waals surface area contributed by atoms with E-state index >= 15 is 0 Å². The molecule has 2 heterocycles. The van der Waals surface area contributed by atoms with Crippen LogP contribution >= 0.6 is 0 Å². The highest BCUT2D eigenvalue weighted by molar-refractivity contribution is 5.80. The van der Waals surface area contributed by atoms with Gasteiger partial charge in [0.05, 0.1) is 19.3 Å². The van der Waals surface area contributed by atoms with Crippen LogP contribution in [0.3, 0.4) is 0 Å². The smallest absolute Gasteiger partial charge is 0.194 e. The van der Waals surface area contributed by atoms with Gasteiger partial charge in [-0.05, 0) is 19.1 Å². The highest BCUT2D eigenvalue weighted by Crippen LogP contribution is 2.28. The van der Waals surface area contributed by atoms with Crippen molar-refractivity contribution in [3.05, 3.63) is 35.9 Å². The Balaban J connectivity index is 1.58. The van der Waals surface area contributed by atoms with E-state index in [2.05, 4.69) is 36.4 Å². The summed E-state index contributed by atoms with van der Waals surface area (Å²) in [6.45, 7) is 6.19. The molecule has 1 aromatic heterocycles. The fraction of sp³-hybridized carbons (Fsp3) is 0.500. The summed E-state index contributed by atoms with van der Waals surface area (Å²) in [6, 6.07) is 8.16. The van der Waals surface area contributed by atoms with Crippen LogP contribution in [0, 0.1) is 6.92 Å². The third kappa shape index (κ3) is 3.74. The standard InChI is InChI=1S/C18H27N7O/c1-14-21-22-17(23(14)3)13-20-18(19-2)25-11-9-24(10-12-25)15-7-5-6-8-16(15)26-4/h5-8H,9-13H2,1-4H3,(H,19,20). The summed E-state index contributed by atoms with van der Waals surface area (Å²) >= 11 is 0. The van der Waals surface area contributed by atoms with Gasteiger partial charge in [-0.15, -0.1) is 10.2 Å². The SMILES string of the molecule is CN=C(NCc1nnc(C)n1C)N1CCN(c2ccccc2OC)CC1. The maximum Gasteiger partial charge on any atom is 0.194 e. The van der Waals surface area contributed by atoms with Gasteiger partial charge in [0.25, 0.3) is 0 Å². The average molecular weight is 357 g/mol. The van der Waals surface area contributed by atoms with E-state index in [1.165, 1.54) is 0 Å². The van der Waals surface area contributed by atoms with Crippen LogP contribution in [0.1, 0.15) is 11.6 Å². The number of aryl methyl sites for hydroxylation is 1. The van der Waals surface area contributed by atoms with Crippen molar-refractivity contribution in [1.82, 2.24) is 25.0 Å². The number of nitrogens with one attached hydrogen (secondary N) is 1. The van der Waals surface area contributed by atoms with Crippen molar-refractivity contribution in [2.24, 2.45) is 12.0 Å². The number of para-hydroxylation sites is 2. The Morgan fingerprint density at radius 2 is 1.92 bits per heavy atom. The predicted molar refractivity (Wildman–Crippen MR) is 103 cm³/mol. The Morgan fingerprint density at radius 1 is 1.19 bits per heavy atom. The lowest BCUT2D eigenvalue weighted by Gasteiger charge is -2.38. The van der Waals surface area contributed by atoms with Crippen LogP contribution in [-0.2, 0) is 13.6 Å². The summed E-state index contributed by atoms with van der Waals surface area (Å²) in [5.41, 5.74) is 1.15. The maximum atomic E-state index is 5.49. The Morgan fingerprint density at radius 3 is 2.54 bits per heavy atom. The second kappa shape index (κ2) is 8.07. The second-order valence-corrected chi connectivity index (χ2v) is 6.27. The molecule has 0 aliphatic carbocycles. The molecule has 140 valence electrons. The number of rotatable bonds is 4. The van der Waals surface area contributed by atoms with E-state index in [0.29, 0.717) is 6.54 Å². The van der Waals surface area contributed by atoms with Gasteiger partial charge in [0.15, 0.2) is 11.8 Å². The Bertz CT molecular complexity index is 763. The Hall–Kier alpha value is -2.77. The molecule has 1 fully saturated rings. The first-order chi connectivity index (χ1) is 12.6. The summed E-state index contributed by atoms with van der Waals surface area (Å²) in [5, 5.41) is 11.7. The Labute approximate surface area is 154 Å². The number of anilines is 1. The van der Waals surface area contributed by atoms with Crippen LogP contribution in [0.15, 0.2) is 29.3 Å². The van der Waals surface area contributed by atoms with Gasteiger partial charge in [0, 0.05) is 40.3 Å². The molecule has 0 amide bonds. The lowest BCUT2D eigenvalue weighted by molar-refractivity contribution is 0.366. The van der Waals surface area contributed by atoms with Gasteiger partial charge in [-0.3, -0.25) is 4.99 Å². The number of hydrogen-bond acceptors (Lipinski definition) is 5. The van der Waals surface area contributed by atoms with Crippen molar-refractivity contribution >= 4 is 11.6 Å². The molecule has 1 aromatic carbocycles. The average Bonchev–Trinajstić information content (AvgIpc) is 3.01. The largest absolute Gasteiger partial charge is 0.495 e. The normalized spacial score (nSPS) is 15.3. The van der Waals surface area contributed by atoms with E-state index < -0.39 is 0 Å². The van der Waals surface area contributed by atoms with Crippen molar-refractivity contribution in [2.75, 3.05) is 45.2 Å². The van der Waals surface area contributed by atoms with Gasteiger partial charge in [0.2, 0.25) is 0 Å². The summed E-state index contributed by atoms with van der Waals surface area (Å²) in [7, 11) is 5.51. The van der Waals surface area contributed by atoms with Gasteiger partial charge < -0.3 is 24.4 Å². The van der Waals surface area contributed by atoms with Crippen molar-refractivity contribution in [3.63, 3.8) is 0 Å². The number of aliphatic imine (C=N–C) groups is 1. The lowest BCUT2D eigenvalue weighted by Crippen LogP contribution is -2.52. The number of ether oxygens (including phenoxy) is 1. The van der Waals surface area contributed by atoms with Crippen molar-refractivity contribution in [1.29, 1.82) is 0 Å². The maximum absolute atomic E-state index is 5.49. The van der Waals surface area contributed by atoms with Crippen LogP contribution < -0.4 is 15.0 Å². The number of guanidine groups is 1. The second-order valence-electron chi connectivity index (χ2n) is 6.27. The molecule has 1 saturated heterocycles. The molecule has 1 aliphatic heterocycles. The first-order valence-electron chi connectivity index (χ1n) is 8.82. The molecule has 0 radical (unpaired) electrons. The number of hydrogen-bond donors (Lipinski definition) is 1. The highest BCUT2D eigenvalue weighted by atomic mass is 16.5. The van der Waals surface area contributed by atoms with Crippen molar-refractivity contribution in [3.8, 4) is 5.75 Å². The van der Waals surface area contributed by atoms with E-state index in [1.807, 2.05) is 43.8 Å². The fourth-order valence-electron chi connectivity index (χ4n) is 3.15. The third-order valence-corrected chi connectivity index (χ3v) is 4.80. The molecule has 8 heteroatoms. The topological polar surface area (TPSA) is 70.8 Å². The number of nitrogens with zero attached hydrogens (tertiary/aromatic N) is 6. The first-order valence-corrected chi connectivity index (χ1v) is 8.82. The number of benzene rings is 1. The zero-order valence-corrected chi connectivity index (χ0v) is 15.9. The number of piperazine rings is 1. The molecule has 0 bridgehead atoms. The minimum absolute atomic E-state index is 0.608. The van der Waals surface area contributed by atoms with Crippen LogP contribution in [0.5, 0.6) is 5.75 Å². The quantitative estimate of drug-likeness (QED) is 0.651. The van der Waals surface area contributed by atoms with E-state index in [9.17, 15) is 0 Å². The highest BCUT2D eigenvalue weighted by Gasteiger charge is 2.21. The van der Waals surface area contributed by atoms with Crippen LogP contribution in [0.25, 0.3) is 0 Å². The van der Waals surface area contributed by atoms with E-state index in [4.69, 9.17) is 4.74 Å². The molecular formula is C18H27N7O. The summed E-state index contributed by atoms with van der Waals surface area (Å²) in [5.74, 6) is 3.62. The molecule has 26 heavy (non-hydrogen) atoms. The molecule has 1 N–H and O–H groups in total. The lowest BCUT2D eigenvalue weighted by atomic mass is 10.2. The Kier molecular flexibility index (Phi) is 5.60. The van der Waals surface area contributed by atoms with Gasteiger partial charge in [-0.1, -0.05) is 12.1 Å². The molecule has 0 spiro atoms. The molecule has 0 atom stereocenters. The summed E-state index contributed by atoms with van der Waals surface area (Å²) in [4.78, 5) is 9.05. The molecule has 8 nitrogen and oxygen atoms in total. The molecule has 1 aliphatic rings. The monoisotopic (exact) mass is 357 g/mol. The fourth-order valence-corrected chi connectivity index (χ4v) is 3.15. The minimum atomic E-state index is 0.608. The van der Waals surface area contributed by atoms with Gasteiger partial charge in [0.1, 0.15) is 11.6 Å². The molecule has 0 unspecified atom stereocenters. The molecule has 0 saturated carbocycles. The van der Waals surface area contributed by atoms with Crippen molar-refractivity contribution in [2.45, 2.75) is 13.5 Å². The zero-order valence-electron chi connectivity index (χ0n) is 15.9. The third-order valence-electron chi connectivity index (χ3n) is 4.80. The minimum Gasteiger partial charge on any atom is -0.495 e. The number of aromatic nitrogens is 3. The number of methoxy groups -OCH3 is 1. The zero-order chi connectivity index (χ0) is 18.5. The molecule has 2 aromatic rings. The van der Waals surface area contributed by atoms with Gasteiger partial charge in [-0.2, -0.15) is 0 Å². The van der Waals surface area contributed by atoms with Crippen molar-refractivity contribution < 1.29 is 4.74 Å². The molecule has 3 rings (SSSR count). The van der Waals surface area contributed by atoms with Crippen LogP contribution in [0.4, 0.5) is 5.69 Å². The van der Waals surface area contributed by atoms with E-state index in [1.54, 1.807) is 7.11 Å². The first kappa shape index (κ1) is 18.0.